The monoisotopic (exact) mass is 511 g/mol. The molecule has 3 aliphatic carbocycles. The summed E-state index contributed by atoms with van der Waals surface area (Å²) in [5.74, 6) is -11.3. The lowest BCUT2D eigenvalue weighted by Gasteiger charge is -2.52. The Labute approximate surface area is 212 Å². The Morgan fingerprint density at radius 3 is 2.30 bits per heavy atom. The van der Waals surface area contributed by atoms with Gasteiger partial charge < -0.3 is 20.8 Å². The second-order valence-corrected chi connectivity index (χ2v) is 10.4. The fourth-order valence-corrected chi connectivity index (χ4v) is 6.10. The van der Waals surface area contributed by atoms with E-state index in [-0.39, 0.29) is 30.1 Å². The number of likely N-dealkylation sites (N-methyl/N-ethyl adjacent to an activating group) is 2. The van der Waals surface area contributed by atoms with Crippen LogP contribution in [0.1, 0.15) is 27.9 Å². The molecule has 0 heterocycles. The van der Waals surface area contributed by atoms with E-state index in [1.807, 2.05) is 0 Å². The predicted molar refractivity (Wildman–Crippen MR) is 129 cm³/mol. The SMILES string of the molecule is CN(C)C(=O)C=Cc1ccc(O)c2c1C[C@H]1C[C@H]3[C@H](N(C)C)C(=O)C(C(N)=O)C(=O)[C@@]3(O)C(=O)C1C2=O. The maximum atomic E-state index is 13.8. The summed E-state index contributed by atoms with van der Waals surface area (Å²) in [4.78, 5) is 80.6. The number of benzene rings is 1. The second-order valence-electron chi connectivity index (χ2n) is 10.4. The number of amides is 2. The van der Waals surface area contributed by atoms with Crippen LogP contribution in [0.3, 0.4) is 0 Å². The molecule has 11 nitrogen and oxygen atoms in total. The first-order valence-corrected chi connectivity index (χ1v) is 11.8. The van der Waals surface area contributed by atoms with Gasteiger partial charge in [0.1, 0.15) is 5.75 Å². The number of aromatic hydroxyl groups is 1. The maximum absolute atomic E-state index is 13.8. The molecule has 2 fully saturated rings. The Balaban J connectivity index is 1.84. The Kier molecular flexibility index (Phi) is 6.41. The molecule has 1 aromatic rings. The number of carbonyl (C=O) groups excluding carboxylic acids is 6. The van der Waals surface area contributed by atoms with E-state index in [0.717, 1.165) is 0 Å². The lowest BCUT2D eigenvalue weighted by molar-refractivity contribution is -0.181. The Morgan fingerprint density at radius 1 is 1.08 bits per heavy atom. The third kappa shape index (κ3) is 3.80. The molecular formula is C26H29N3O8. The van der Waals surface area contributed by atoms with Crippen LogP contribution in [0.25, 0.3) is 6.08 Å². The number of fused-ring (bicyclic) bond motifs is 3. The van der Waals surface area contributed by atoms with Gasteiger partial charge in [-0.1, -0.05) is 6.07 Å². The minimum atomic E-state index is -2.76. The minimum absolute atomic E-state index is 0.0423. The van der Waals surface area contributed by atoms with Crippen LogP contribution in [0, 0.1) is 23.7 Å². The van der Waals surface area contributed by atoms with Gasteiger partial charge >= 0.3 is 0 Å². The Hall–Kier alpha value is -3.70. The van der Waals surface area contributed by atoms with Crippen molar-refractivity contribution in [2.45, 2.75) is 24.5 Å². The van der Waals surface area contributed by atoms with E-state index in [2.05, 4.69) is 0 Å². The molecule has 4 N–H and O–H groups in total. The van der Waals surface area contributed by atoms with Crippen molar-refractivity contribution in [3.8, 4) is 5.75 Å². The van der Waals surface area contributed by atoms with Gasteiger partial charge in [-0.3, -0.25) is 33.7 Å². The van der Waals surface area contributed by atoms with Crippen molar-refractivity contribution in [2.24, 2.45) is 29.4 Å². The quantitative estimate of drug-likeness (QED) is 0.337. The number of aliphatic hydroxyl groups is 1. The third-order valence-corrected chi connectivity index (χ3v) is 7.83. The molecule has 1 aromatic carbocycles. The molecule has 2 amide bonds. The zero-order chi connectivity index (χ0) is 27.6. The average molecular weight is 512 g/mol. The van der Waals surface area contributed by atoms with Gasteiger partial charge in [-0.2, -0.15) is 0 Å². The van der Waals surface area contributed by atoms with Crippen molar-refractivity contribution in [2.75, 3.05) is 28.2 Å². The lowest BCUT2D eigenvalue weighted by Crippen LogP contribution is -2.74. The van der Waals surface area contributed by atoms with E-state index >= 15 is 0 Å². The number of hydrogen-bond donors (Lipinski definition) is 3. The molecule has 4 rings (SSSR count). The van der Waals surface area contributed by atoms with Crippen LogP contribution in [-0.4, -0.2) is 94.8 Å². The predicted octanol–water partition coefficient (Wildman–Crippen LogP) is -1.03. The van der Waals surface area contributed by atoms with Gasteiger partial charge in [-0.15, -0.1) is 0 Å². The highest BCUT2D eigenvalue weighted by Gasteiger charge is 2.69. The van der Waals surface area contributed by atoms with Gasteiger partial charge in [-0.25, -0.2) is 0 Å². The van der Waals surface area contributed by atoms with E-state index in [9.17, 15) is 39.0 Å². The summed E-state index contributed by atoms with van der Waals surface area (Å²) < 4.78 is 0. The zero-order valence-corrected chi connectivity index (χ0v) is 20.9. The van der Waals surface area contributed by atoms with Crippen molar-refractivity contribution in [3.05, 3.63) is 34.9 Å². The van der Waals surface area contributed by atoms with Gasteiger partial charge in [-0.05, 0) is 56.1 Å². The van der Waals surface area contributed by atoms with Crippen LogP contribution in [-0.2, 0) is 30.4 Å². The van der Waals surface area contributed by atoms with E-state index in [0.29, 0.717) is 11.1 Å². The van der Waals surface area contributed by atoms with E-state index < -0.39 is 64.4 Å². The molecular weight excluding hydrogens is 482 g/mol. The molecule has 2 unspecified atom stereocenters. The van der Waals surface area contributed by atoms with Crippen LogP contribution in [0.5, 0.6) is 5.75 Å². The fraction of sp³-hybridized carbons (Fsp3) is 0.462. The standard InChI is InChI=1S/C26H29N3O8/c1-28(2)16(31)8-6-11-5-7-15(30)18-13(11)9-12-10-14-20(29(3)4)22(33)19(25(27)36)24(35)26(14,37)23(34)17(12)21(18)32/h5-8,12,14,17,19-20,30,37H,9-10H2,1-4H3,(H2,27,36)/t12-,14-,17?,19?,20-,26-/m0/s1. The van der Waals surface area contributed by atoms with Crippen molar-refractivity contribution in [1.82, 2.24) is 9.80 Å². The third-order valence-electron chi connectivity index (χ3n) is 7.83. The molecule has 0 aromatic heterocycles. The summed E-state index contributed by atoms with van der Waals surface area (Å²) in [6.07, 6.45) is 2.91. The van der Waals surface area contributed by atoms with Crippen LogP contribution >= 0.6 is 0 Å². The van der Waals surface area contributed by atoms with Crippen LogP contribution in [0.4, 0.5) is 0 Å². The number of phenols is 1. The minimum Gasteiger partial charge on any atom is -0.507 e. The maximum Gasteiger partial charge on any atom is 0.246 e. The highest BCUT2D eigenvalue weighted by atomic mass is 16.3. The van der Waals surface area contributed by atoms with Gasteiger partial charge in [0.2, 0.25) is 11.8 Å². The Bertz CT molecular complexity index is 1280. The van der Waals surface area contributed by atoms with Gasteiger partial charge in [0, 0.05) is 26.1 Å². The van der Waals surface area contributed by atoms with Crippen molar-refractivity contribution < 1.29 is 39.0 Å². The average Bonchev–Trinajstić information content (AvgIpc) is 2.80. The Morgan fingerprint density at radius 2 is 1.73 bits per heavy atom. The normalized spacial score (nSPS) is 31.2. The van der Waals surface area contributed by atoms with Crippen LogP contribution in [0.2, 0.25) is 0 Å². The number of phenolic OH excluding ortho intramolecular Hbond substituents is 1. The fourth-order valence-electron chi connectivity index (χ4n) is 6.10. The summed E-state index contributed by atoms with van der Waals surface area (Å²) >= 11 is 0. The number of Topliss-reactive ketones (excluding diaryl/α,β-unsaturated/α-hetero) is 4. The molecule has 37 heavy (non-hydrogen) atoms. The molecule has 0 bridgehead atoms. The number of hydrogen-bond acceptors (Lipinski definition) is 9. The molecule has 196 valence electrons. The van der Waals surface area contributed by atoms with Crippen molar-refractivity contribution in [3.63, 3.8) is 0 Å². The molecule has 0 saturated heterocycles. The van der Waals surface area contributed by atoms with E-state index in [1.54, 1.807) is 20.2 Å². The first kappa shape index (κ1) is 26.4. The van der Waals surface area contributed by atoms with E-state index in [1.165, 1.54) is 42.1 Å². The summed E-state index contributed by atoms with van der Waals surface area (Å²) in [6.45, 7) is 0. The number of primary amides is 1. The van der Waals surface area contributed by atoms with Gasteiger partial charge in [0.05, 0.1) is 17.5 Å². The van der Waals surface area contributed by atoms with Crippen molar-refractivity contribution in [1.29, 1.82) is 0 Å². The topological polar surface area (TPSA) is 175 Å². The van der Waals surface area contributed by atoms with Crippen LogP contribution < -0.4 is 5.73 Å². The first-order valence-electron chi connectivity index (χ1n) is 11.8. The molecule has 6 atom stereocenters. The summed E-state index contributed by atoms with van der Waals surface area (Å²) in [5, 5.41) is 22.1. The number of ketones is 4. The van der Waals surface area contributed by atoms with Crippen molar-refractivity contribution >= 4 is 41.0 Å². The number of rotatable bonds is 4. The first-order chi connectivity index (χ1) is 17.2. The smallest absolute Gasteiger partial charge is 0.246 e. The second kappa shape index (κ2) is 9.00. The summed E-state index contributed by atoms with van der Waals surface area (Å²) in [7, 11) is 6.21. The number of carbonyl (C=O) groups is 6. The highest BCUT2D eigenvalue weighted by molar-refractivity contribution is 6.32. The highest BCUT2D eigenvalue weighted by Crippen LogP contribution is 2.51. The molecule has 0 radical (unpaired) electrons. The number of nitrogens with zero attached hydrogens (tertiary/aromatic N) is 2. The lowest BCUT2D eigenvalue weighted by atomic mass is 9.52. The van der Waals surface area contributed by atoms with E-state index in [4.69, 9.17) is 5.73 Å². The van der Waals surface area contributed by atoms with Gasteiger partial charge in [0.15, 0.2) is 34.7 Å². The number of nitrogens with two attached hydrogens (primary N) is 1. The molecule has 2 saturated carbocycles. The largest absolute Gasteiger partial charge is 0.507 e. The molecule has 11 heteroatoms. The summed E-state index contributed by atoms with van der Waals surface area (Å²) in [6, 6.07) is 1.66. The van der Waals surface area contributed by atoms with Gasteiger partial charge in [0.25, 0.3) is 0 Å². The molecule has 3 aliphatic rings. The molecule has 0 spiro atoms. The summed E-state index contributed by atoms with van der Waals surface area (Å²) in [5.41, 5.74) is 3.35. The van der Waals surface area contributed by atoms with Crippen LogP contribution in [0.15, 0.2) is 18.2 Å². The molecule has 0 aliphatic heterocycles. The zero-order valence-electron chi connectivity index (χ0n) is 20.9.